The highest BCUT2D eigenvalue weighted by Gasteiger charge is 2.06. The van der Waals surface area contributed by atoms with Crippen molar-refractivity contribution in [2.75, 3.05) is 11.9 Å². The van der Waals surface area contributed by atoms with Gasteiger partial charge in [-0.05, 0) is 24.5 Å². The fraction of sp³-hybridized carbons (Fsp3) is 0.400. The number of fused-ring (bicyclic) bond motifs is 1. The van der Waals surface area contributed by atoms with Crippen molar-refractivity contribution in [3.05, 3.63) is 36.5 Å². The Kier molecular flexibility index (Phi) is 4.15. The third-order valence-electron chi connectivity index (χ3n) is 2.98. The van der Waals surface area contributed by atoms with Gasteiger partial charge >= 0.3 is 0 Å². The summed E-state index contributed by atoms with van der Waals surface area (Å²) in [6, 6.07) is 10.3. The molecule has 1 aromatic heterocycles. The summed E-state index contributed by atoms with van der Waals surface area (Å²) in [5.74, 6) is 0.635. The summed E-state index contributed by atoms with van der Waals surface area (Å²) in [5, 5.41) is 4.58. The highest BCUT2D eigenvalue weighted by atomic mass is 14.9. The van der Waals surface area contributed by atoms with E-state index in [0.29, 0.717) is 5.92 Å². The van der Waals surface area contributed by atoms with Crippen LogP contribution in [-0.2, 0) is 0 Å². The molecule has 0 saturated heterocycles. The second-order valence-corrected chi connectivity index (χ2v) is 5.15. The number of hydrogen-bond donors (Lipinski definition) is 2. The number of nitrogens with two attached hydrogens (primary N) is 1. The molecule has 1 unspecified atom stereocenters. The predicted molar refractivity (Wildman–Crippen MR) is 77.7 cm³/mol. The largest absolute Gasteiger partial charge is 0.383 e. The fourth-order valence-electron chi connectivity index (χ4n) is 2.18. The van der Waals surface area contributed by atoms with Crippen LogP contribution in [0, 0.1) is 5.92 Å². The first-order chi connectivity index (χ1) is 8.66. The van der Waals surface area contributed by atoms with Crippen molar-refractivity contribution in [2.45, 2.75) is 26.3 Å². The van der Waals surface area contributed by atoms with Gasteiger partial charge in [0, 0.05) is 29.9 Å². The highest BCUT2D eigenvalue weighted by molar-refractivity contribution is 5.90. The Labute approximate surface area is 108 Å². The molecule has 0 spiro atoms. The first kappa shape index (κ1) is 12.8. The normalized spacial score (nSPS) is 12.9. The van der Waals surface area contributed by atoms with E-state index in [1.54, 1.807) is 0 Å². The first-order valence-electron chi connectivity index (χ1n) is 6.50. The van der Waals surface area contributed by atoms with Crippen LogP contribution in [0.25, 0.3) is 10.9 Å². The third kappa shape index (κ3) is 3.20. The number of aromatic nitrogens is 1. The zero-order valence-corrected chi connectivity index (χ0v) is 11.1. The lowest BCUT2D eigenvalue weighted by Crippen LogP contribution is -2.30. The van der Waals surface area contributed by atoms with Gasteiger partial charge < -0.3 is 11.1 Å². The Bertz CT molecular complexity index is 503. The maximum Gasteiger partial charge on any atom is 0.0722 e. The van der Waals surface area contributed by atoms with E-state index in [0.717, 1.165) is 29.6 Å². The molecule has 0 fully saturated rings. The zero-order chi connectivity index (χ0) is 13.0. The van der Waals surface area contributed by atoms with Gasteiger partial charge in [0.15, 0.2) is 0 Å². The van der Waals surface area contributed by atoms with Crippen LogP contribution < -0.4 is 11.1 Å². The predicted octanol–water partition coefficient (Wildman–Crippen LogP) is 3.02. The van der Waals surface area contributed by atoms with Crippen molar-refractivity contribution >= 4 is 16.6 Å². The minimum absolute atomic E-state index is 0.192. The maximum absolute atomic E-state index is 6.09. The molecule has 0 aliphatic rings. The lowest BCUT2D eigenvalue weighted by atomic mass is 10.0. The van der Waals surface area contributed by atoms with Crippen molar-refractivity contribution in [2.24, 2.45) is 11.7 Å². The van der Waals surface area contributed by atoms with Crippen molar-refractivity contribution in [3.63, 3.8) is 0 Å². The van der Waals surface area contributed by atoms with Gasteiger partial charge in [0.2, 0.25) is 0 Å². The summed E-state index contributed by atoms with van der Waals surface area (Å²) in [4.78, 5) is 4.35. The first-order valence-corrected chi connectivity index (χ1v) is 6.50. The van der Waals surface area contributed by atoms with Gasteiger partial charge in [-0.15, -0.1) is 0 Å². The van der Waals surface area contributed by atoms with Crippen LogP contribution >= 0.6 is 0 Å². The number of nitrogens with zero attached hydrogens (tertiary/aromatic N) is 1. The third-order valence-corrected chi connectivity index (χ3v) is 2.98. The van der Waals surface area contributed by atoms with Crippen LogP contribution in [0.1, 0.15) is 20.3 Å². The second-order valence-electron chi connectivity index (χ2n) is 5.15. The van der Waals surface area contributed by atoms with Gasteiger partial charge in [-0.3, -0.25) is 4.98 Å². The highest BCUT2D eigenvalue weighted by Crippen LogP contribution is 2.20. The number of anilines is 1. The summed E-state index contributed by atoms with van der Waals surface area (Å²) in [6.45, 7) is 5.19. The van der Waals surface area contributed by atoms with Crippen molar-refractivity contribution in [3.8, 4) is 0 Å². The number of rotatable bonds is 5. The SMILES string of the molecule is CC(C)CC(N)CNc1ccnc2ccccc12. The van der Waals surface area contributed by atoms with Crippen molar-refractivity contribution < 1.29 is 0 Å². The van der Waals surface area contributed by atoms with Gasteiger partial charge in [-0.25, -0.2) is 0 Å². The molecular formula is C15H21N3. The second kappa shape index (κ2) is 5.83. The summed E-state index contributed by atoms with van der Waals surface area (Å²) in [7, 11) is 0. The number of benzene rings is 1. The standard InChI is InChI=1S/C15H21N3/c1-11(2)9-12(16)10-18-15-7-8-17-14-6-4-3-5-13(14)15/h3-8,11-12H,9-10,16H2,1-2H3,(H,17,18). The molecule has 0 amide bonds. The smallest absolute Gasteiger partial charge is 0.0722 e. The lowest BCUT2D eigenvalue weighted by molar-refractivity contribution is 0.508. The summed E-state index contributed by atoms with van der Waals surface area (Å²) in [5.41, 5.74) is 8.21. The molecule has 0 bridgehead atoms. The molecule has 1 atom stereocenters. The topological polar surface area (TPSA) is 50.9 Å². The van der Waals surface area contributed by atoms with Crippen LogP contribution in [0.4, 0.5) is 5.69 Å². The zero-order valence-electron chi connectivity index (χ0n) is 11.1. The molecule has 18 heavy (non-hydrogen) atoms. The Hall–Kier alpha value is -1.61. The molecule has 1 aromatic carbocycles. The van der Waals surface area contributed by atoms with Crippen molar-refractivity contribution in [1.29, 1.82) is 0 Å². The quantitative estimate of drug-likeness (QED) is 0.848. The van der Waals surface area contributed by atoms with Gasteiger partial charge in [-0.2, -0.15) is 0 Å². The van der Waals surface area contributed by atoms with E-state index in [9.17, 15) is 0 Å². The van der Waals surface area contributed by atoms with Crippen molar-refractivity contribution in [1.82, 2.24) is 4.98 Å². The summed E-state index contributed by atoms with van der Waals surface area (Å²) in [6.07, 6.45) is 2.87. The summed E-state index contributed by atoms with van der Waals surface area (Å²) < 4.78 is 0. The Morgan fingerprint density at radius 1 is 1.22 bits per heavy atom. The van der Waals surface area contributed by atoms with Gasteiger partial charge in [0.25, 0.3) is 0 Å². The van der Waals surface area contributed by atoms with Gasteiger partial charge in [0.1, 0.15) is 0 Å². The number of para-hydroxylation sites is 1. The summed E-state index contributed by atoms with van der Waals surface area (Å²) >= 11 is 0. The van der Waals surface area contributed by atoms with Gasteiger partial charge in [-0.1, -0.05) is 32.0 Å². The molecule has 1 heterocycles. The molecule has 2 rings (SSSR count). The van der Waals surface area contributed by atoms with E-state index in [-0.39, 0.29) is 6.04 Å². The molecule has 0 aliphatic heterocycles. The number of nitrogens with one attached hydrogen (secondary N) is 1. The maximum atomic E-state index is 6.09. The molecule has 0 aliphatic carbocycles. The Morgan fingerprint density at radius 3 is 2.78 bits per heavy atom. The van der Waals surface area contributed by atoms with Crippen LogP contribution in [0.15, 0.2) is 36.5 Å². The molecule has 96 valence electrons. The lowest BCUT2D eigenvalue weighted by Gasteiger charge is -2.16. The van der Waals surface area contributed by atoms with E-state index < -0.39 is 0 Å². The van der Waals surface area contributed by atoms with E-state index in [4.69, 9.17) is 5.73 Å². The monoisotopic (exact) mass is 243 g/mol. The number of hydrogen-bond acceptors (Lipinski definition) is 3. The Balaban J connectivity index is 2.08. The van der Waals surface area contributed by atoms with Crippen LogP contribution in [0.3, 0.4) is 0 Å². The van der Waals surface area contributed by atoms with Crippen LogP contribution in [-0.4, -0.2) is 17.6 Å². The Morgan fingerprint density at radius 2 is 2.00 bits per heavy atom. The minimum Gasteiger partial charge on any atom is -0.383 e. The number of pyridine rings is 1. The molecule has 3 nitrogen and oxygen atoms in total. The van der Waals surface area contributed by atoms with E-state index in [1.807, 2.05) is 30.5 Å². The molecule has 3 heteroatoms. The van der Waals surface area contributed by atoms with E-state index in [1.165, 1.54) is 0 Å². The molecule has 2 aromatic rings. The molecule has 3 N–H and O–H groups in total. The average molecular weight is 243 g/mol. The van der Waals surface area contributed by atoms with E-state index in [2.05, 4.69) is 30.2 Å². The van der Waals surface area contributed by atoms with Gasteiger partial charge in [0.05, 0.1) is 5.52 Å². The minimum atomic E-state index is 0.192. The van der Waals surface area contributed by atoms with E-state index >= 15 is 0 Å². The molecule has 0 saturated carbocycles. The van der Waals surface area contributed by atoms with Crippen LogP contribution in [0.2, 0.25) is 0 Å². The van der Waals surface area contributed by atoms with Crippen LogP contribution in [0.5, 0.6) is 0 Å². The molecular weight excluding hydrogens is 222 g/mol. The average Bonchev–Trinajstić information content (AvgIpc) is 2.35. The molecule has 0 radical (unpaired) electrons. The fourth-order valence-corrected chi connectivity index (χ4v) is 2.18.